The number of imidazole rings is 1. The molecule has 0 unspecified atom stereocenters. The van der Waals surface area contributed by atoms with E-state index in [-0.39, 0.29) is 24.6 Å². The van der Waals surface area contributed by atoms with Gasteiger partial charge in [0.25, 0.3) is 0 Å². The topological polar surface area (TPSA) is 99.7 Å². The third-order valence-electron chi connectivity index (χ3n) is 6.96. The first kappa shape index (κ1) is 23.3. The van der Waals surface area contributed by atoms with Crippen LogP contribution in [0.25, 0.3) is 22.3 Å². The van der Waals surface area contributed by atoms with E-state index in [4.69, 9.17) is 4.98 Å². The molecule has 1 aromatic carbocycles. The Morgan fingerprint density at radius 2 is 1.83 bits per heavy atom. The summed E-state index contributed by atoms with van der Waals surface area (Å²) in [6, 6.07) is 16.1. The maximum absolute atomic E-state index is 10.6. The van der Waals surface area contributed by atoms with Gasteiger partial charge in [0.2, 0.25) is 0 Å². The Kier molecular flexibility index (Phi) is 6.42. The third-order valence-corrected chi connectivity index (χ3v) is 6.96. The van der Waals surface area contributed by atoms with Crippen LogP contribution in [0.4, 0.5) is 11.6 Å². The van der Waals surface area contributed by atoms with Crippen molar-refractivity contribution in [2.45, 2.75) is 56.6 Å². The second-order valence-corrected chi connectivity index (χ2v) is 9.39. The maximum atomic E-state index is 10.6. The van der Waals surface area contributed by atoms with Crippen molar-refractivity contribution < 1.29 is 5.11 Å². The number of nitrogens with one attached hydrogen (secondary N) is 1. The molecule has 2 fully saturated rings. The SMILES string of the molecule is Cl.N#Cc1ccnc(Nc2cc(C3CC3)cc(-c3ccc4ncn([C@H]5CCCC[C@@H]5O)c4c3)n2)c1. The Labute approximate surface area is 210 Å². The third kappa shape index (κ3) is 4.72. The van der Waals surface area contributed by atoms with Gasteiger partial charge in [-0.2, -0.15) is 5.26 Å². The van der Waals surface area contributed by atoms with E-state index in [1.807, 2.05) is 12.4 Å². The zero-order chi connectivity index (χ0) is 23.1. The summed E-state index contributed by atoms with van der Waals surface area (Å²) in [7, 11) is 0. The van der Waals surface area contributed by atoms with Crippen LogP contribution in [0.2, 0.25) is 0 Å². The van der Waals surface area contributed by atoms with Gasteiger partial charge in [-0.15, -0.1) is 12.4 Å². The molecule has 0 amide bonds. The minimum Gasteiger partial charge on any atom is -0.391 e. The van der Waals surface area contributed by atoms with Gasteiger partial charge in [-0.3, -0.25) is 0 Å². The van der Waals surface area contributed by atoms with E-state index >= 15 is 0 Å². The van der Waals surface area contributed by atoms with Crippen molar-refractivity contribution in [3.8, 4) is 17.3 Å². The summed E-state index contributed by atoms with van der Waals surface area (Å²) in [5.41, 5.74) is 5.68. The van der Waals surface area contributed by atoms with Crippen LogP contribution < -0.4 is 5.32 Å². The molecule has 6 rings (SSSR count). The van der Waals surface area contributed by atoms with Crippen molar-refractivity contribution in [1.29, 1.82) is 5.26 Å². The van der Waals surface area contributed by atoms with Gasteiger partial charge in [0.1, 0.15) is 11.6 Å². The lowest BCUT2D eigenvalue weighted by molar-refractivity contribution is 0.0773. The molecule has 2 saturated carbocycles. The second kappa shape index (κ2) is 9.65. The zero-order valence-electron chi connectivity index (χ0n) is 19.3. The number of pyridine rings is 2. The molecule has 8 heteroatoms. The number of hydrogen-bond acceptors (Lipinski definition) is 6. The molecule has 0 aliphatic heterocycles. The molecule has 35 heavy (non-hydrogen) atoms. The average molecular weight is 487 g/mol. The van der Waals surface area contributed by atoms with Crippen LogP contribution in [0.15, 0.2) is 55.0 Å². The predicted octanol–water partition coefficient (Wildman–Crippen LogP) is 5.88. The number of fused-ring (bicyclic) bond motifs is 1. The van der Waals surface area contributed by atoms with Gasteiger partial charge in [0, 0.05) is 11.8 Å². The quantitative estimate of drug-likeness (QED) is 0.365. The van der Waals surface area contributed by atoms with Gasteiger partial charge in [-0.25, -0.2) is 15.0 Å². The molecule has 0 saturated heterocycles. The van der Waals surface area contributed by atoms with E-state index in [9.17, 15) is 10.4 Å². The minimum atomic E-state index is -0.335. The average Bonchev–Trinajstić information content (AvgIpc) is 3.64. The summed E-state index contributed by atoms with van der Waals surface area (Å²) in [5, 5.41) is 23.1. The van der Waals surface area contributed by atoms with Crippen molar-refractivity contribution in [3.63, 3.8) is 0 Å². The number of nitriles is 1. The number of aromatic nitrogens is 4. The number of nitrogens with zero attached hydrogens (tertiary/aromatic N) is 5. The molecular formula is C27H27ClN6O. The summed E-state index contributed by atoms with van der Waals surface area (Å²) in [6.07, 6.45) is 9.55. The Balaban J connectivity index is 0.00000253. The van der Waals surface area contributed by atoms with Gasteiger partial charge in [0.05, 0.1) is 46.8 Å². The predicted molar refractivity (Wildman–Crippen MR) is 138 cm³/mol. The molecular weight excluding hydrogens is 460 g/mol. The van der Waals surface area contributed by atoms with E-state index in [0.29, 0.717) is 17.3 Å². The highest BCUT2D eigenvalue weighted by Crippen LogP contribution is 2.42. The van der Waals surface area contributed by atoms with Gasteiger partial charge in [-0.1, -0.05) is 18.9 Å². The van der Waals surface area contributed by atoms with Crippen molar-refractivity contribution in [2.24, 2.45) is 0 Å². The van der Waals surface area contributed by atoms with Gasteiger partial charge in [0.15, 0.2) is 0 Å². The van der Waals surface area contributed by atoms with Crippen LogP contribution in [-0.2, 0) is 0 Å². The number of halogens is 1. The summed E-state index contributed by atoms with van der Waals surface area (Å²) in [4.78, 5) is 13.8. The first-order chi connectivity index (χ1) is 16.7. The summed E-state index contributed by atoms with van der Waals surface area (Å²) in [6.45, 7) is 0. The number of aliphatic hydroxyl groups is 1. The Morgan fingerprint density at radius 3 is 2.63 bits per heavy atom. The number of benzene rings is 1. The maximum Gasteiger partial charge on any atom is 0.132 e. The molecule has 7 nitrogen and oxygen atoms in total. The standard InChI is InChI=1S/C27H26N6O.ClH/c28-15-17-9-10-29-26(11-17)32-27-14-20(18-5-6-18)12-22(31-27)19-7-8-21-24(13-19)33(16-30-21)23-3-1-2-4-25(23)34;/h7-14,16,18,23,25,34H,1-6H2,(H,29,31,32);1H/t23-,25-;/m0./s1. The van der Waals surface area contributed by atoms with Crippen molar-refractivity contribution in [3.05, 3.63) is 66.1 Å². The molecule has 4 aromatic rings. The van der Waals surface area contributed by atoms with Gasteiger partial charge < -0.3 is 15.0 Å². The number of rotatable bonds is 5. The highest BCUT2D eigenvalue weighted by atomic mass is 35.5. The first-order valence-corrected chi connectivity index (χ1v) is 12.0. The number of hydrogen-bond donors (Lipinski definition) is 2. The lowest BCUT2D eigenvalue weighted by Gasteiger charge is -2.29. The van der Waals surface area contributed by atoms with Crippen molar-refractivity contribution >= 4 is 35.1 Å². The molecule has 2 N–H and O–H groups in total. The van der Waals surface area contributed by atoms with E-state index in [1.165, 1.54) is 18.4 Å². The van der Waals surface area contributed by atoms with E-state index in [0.717, 1.165) is 53.8 Å². The Hall–Kier alpha value is -3.47. The molecule has 0 spiro atoms. The summed E-state index contributed by atoms with van der Waals surface area (Å²) >= 11 is 0. The minimum absolute atomic E-state index is 0. The molecule has 0 radical (unpaired) electrons. The van der Waals surface area contributed by atoms with Crippen LogP contribution in [0.3, 0.4) is 0 Å². The molecule has 3 aromatic heterocycles. The van der Waals surface area contributed by atoms with E-state index in [1.54, 1.807) is 18.3 Å². The normalized spacial score (nSPS) is 19.7. The fraction of sp³-hybridized carbons (Fsp3) is 0.333. The highest BCUT2D eigenvalue weighted by molar-refractivity contribution is 5.85. The molecule has 0 bridgehead atoms. The smallest absolute Gasteiger partial charge is 0.132 e. The Bertz CT molecular complexity index is 1410. The monoisotopic (exact) mass is 486 g/mol. The van der Waals surface area contributed by atoms with Gasteiger partial charge >= 0.3 is 0 Å². The highest BCUT2D eigenvalue weighted by Gasteiger charge is 2.27. The van der Waals surface area contributed by atoms with Crippen LogP contribution in [0, 0.1) is 11.3 Å². The zero-order valence-corrected chi connectivity index (χ0v) is 20.1. The number of aliphatic hydroxyl groups excluding tert-OH is 1. The number of anilines is 2. The molecule has 2 atom stereocenters. The van der Waals surface area contributed by atoms with Crippen molar-refractivity contribution in [2.75, 3.05) is 5.32 Å². The fourth-order valence-corrected chi connectivity index (χ4v) is 4.98. The van der Waals surface area contributed by atoms with Crippen LogP contribution >= 0.6 is 12.4 Å². The van der Waals surface area contributed by atoms with Crippen LogP contribution in [0.5, 0.6) is 0 Å². The summed E-state index contributed by atoms with van der Waals surface area (Å²) in [5.74, 6) is 1.89. The first-order valence-electron chi connectivity index (χ1n) is 12.0. The largest absolute Gasteiger partial charge is 0.391 e. The molecule has 2 aliphatic rings. The lowest BCUT2D eigenvalue weighted by Crippen LogP contribution is -2.27. The lowest BCUT2D eigenvalue weighted by atomic mass is 9.92. The molecule has 2 aliphatic carbocycles. The van der Waals surface area contributed by atoms with E-state index < -0.39 is 0 Å². The second-order valence-electron chi connectivity index (χ2n) is 9.39. The molecule has 178 valence electrons. The van der Waals surface area contributed by atoms with E-state index in [2.05, 4.69) is 50.2 Å². The van der Waals surface area contributed by atoms with Gasteiger partial charge in [-0.05, 0) is 73.6 Å². The Morgan fingerprint density at radius 1 is 0.971 bits per heavy atom. The summed E-state index contributed by atoms with van der Waals surface area (Å²) < 4.78 is 2.14. The van der Waals surface area contributed by atoms with Crippen LogP contribution in [0.1, 0.15) is 61.6 Å². The molecule has 3 heterocycles. The van der Waals surface area contributed by atoms with Crippen molar-refractivity contribution in [1.82, 2.24) is 19.5 Å². The van der Waals surface area contributed by atoms with Crippen LogP contribution in [-0.4, -0.2) is 30.7 Å². The fourth-order valence-electron chi connectivity index (χ4n) is 4.98.